The average Bonchev–Trinajstić information content (AvgIpc) is 3.37. The average molecular weight is 489 g/mol. The van der Waals surface area contributed by atoms with E-state index < -0.39 is 0 Å². The fraction of sp³-hybridized carbons (Fsp3) is 0.154. The molecule has 0 saturated carbocycles. The van der Waals surface area contributed by atoms with Crippen molar-refractivity contribution in [2.24, 2.45) is 0 Å². The lowest BCUT2D eigenvalue weighted by atomic mass is 9.97. The van der Waals surface area contributed by atoms with Gasteiger partial charge in [0.1, 0.15) is 17.7 Å². The van der Waals surface area contributed by atoms with Crippen molar-refractivity contribution >= 4 is 41.2 Å². The van der Waals surface area contributed by atoms with E-state index in [0.29, 0.717) is 40.7 Å². The fourth-order valence-electron chi connectivity index (χ4n) is 4.17. The maximum absolute atomic E-state index is 12.4. The fourth-order valence-corrected chi connectivity index (χ4v) is 4.45. The molecule has 0 fully saturated rings. The number of ether oxygens (including phenoxy) is 1. The molecule has 0 bridgehead atoms. The Morgan fingerprint density at radius 3 is 2.74 bits per heavy atom. The third kappa shape index (κ3) is 4.36. The molecular formula is C26H21ClN4O4. The summed E-state index contributed by atoms with van der Waals surface area (Å²) in [4.78, 5) is 41.8. The highest BCUT2D eigenvalue weighted by Gasteiger charge is 2.33. The number of halogens is 1. The summed E-state index contributed by atoms with van der Waals surface area (Å²) in [5, 5.41) is 3.28. The number of nitrogens with two attached hydrogens (primary N) is 1. The third-order valence-electron chi connectivity index (χ3n) is 6.02. The third-order valence-corrected chi connectivity index (χ3v) is 6.30. The zero-order valence-corrected chi connectivity index (χ0v) is 19.5. The van der Waals surface area contributed by atoms with E-state index in [0.717, 1.165) is 27.2 Å². The van der Waals surface area contributed by atoms with E-state index in [1.165, 1.54) is 13.1 Å². The molecule has 0 aliphatic carbocycles. The van der Waals surface area contributed by atoms with Crippen molar-refractivity contribution in [3.63, 3.8) is 0 Å². The van der Waals surface area contributed by atoms with Crippen LogP contribution in [0.15, 0.2) is 54.7 Å². The first kappa shape index (κ1) is 22.6. The molecule has 2 aliphatic rings. The number of amides is 3. The smallest absolute Gasteiger partial charge is 0.261 e. The summed E-state index contributed by atoms with van der Waals surface area (Å²) >= 11 is 6.51. The highest BCUT2D eigenvalue weighted by molar-refractivity contribution is 6.32. The lowest BCUT2D eigenvalue weighted by Crippen LogP contribution is -2.33. The summed E-state index contributed by atoms with van der Waals surface area (Å²) in [5.74, 6) is 0.126. The number of carbonyl (C=O) groups is 3. The van der Waals surface area contributed by atoms with Crippen molar-refractivity contribution in [1.82, 2.24) is 15.2 Å². The van der Waals surface area contributed by atoms with Crippen LogP contribution >= 0.6 is 11.6 Å². The van der Waals surface area contributed by atoms with Crippen molar-refractivity contribution in [3.8, 4) is 16.9 Å². The number of rotatable bonds is 5. The van der Waals surface area contributed by atoms with Gasteiger partial charge in [0, 0.05) is 31.3 Å². The summed E-state index contributed by atoms with van der Waals surface area (Å²) in [6.07, 6.45) is 4.98. The molecule has 1 aromatic heterocycles. The predicted octanol–water partition coefficient (Wildman–Crippen LogP) is 3.34. The number of hydrogen-bond acceptors (Lipinski definition) is 6. The molecule has 1 atom stereocenters. The summed E-state index contributed by atoms with van der Waals surface area (Å²) in [7, 11) is 1.47. The van der Waals surface area contributed by atoms with Gasteiger partial charge in [0.05, 0.1) is 22.7 Å². The maximum Gasteiger partial charge on any atom is 0.261 e. The van der Waals surface area contributed by atoms with Crippen LogP contribution in [-0.4, -0.2) is 47.3 Å². The van der Waals surface area contributed by atoms with Gasteiger partial charge in [0.15, 0.2) is 0 Å². The molecule has 2 aliphatic heterocycles. The van der Waals surface area contributed by atoms with E-state index in [1.807, 2.05) is 6.07 Å². The molecule has 3 aromatic rings. The molecule has 0 saturated heterocycles. The Bertz CT molecular complexity index is 1400. The molecule has 3 heterocycles. The number of nitrogen functional groups attached to an aromatic ring is 1. The SMILES string of the molecule is CN1C(=O)c2ccc(-c3cc(Cl)c4c(c3)CC(CNC(=O)C=Cc3ccc(N)nc3)O4)cc2C1=O. The number of pyridine rings is 1. The van der Waals surface area contributed by atoms with E-state index in [9.17, 15) is 14.4 Å². The van der Waals surface area contributed by atoms with Crippen LogP contribution in [0.4, 0.5) is 5.82 Å². The molecule has 2 aromatic carbocycles. The van der Waals surface area contributed by atoms with Crippen molar-refractivity contribution in [2.45, 2.75) is 12.5 Å². The Kier molecular flexibility index (Phi) is 5.74. The van der Waals surface area contributed by atoms with Gasteiger partial charge in [-0.05, 0) is 59.2 Å². The molecule has 35 heavy (non-hydrogen) atoms. The van der Waals surface area contributed by atoms with Gasteiger partial charge in [-0.15, -0.1) is 0 Å². The Hall–Kier alpha value is -4.17. The minimum absolute atomic E-state index is 0.254. The van der Waals surface area contributed by atoms with Crippen LogP contribution in [0.3, 0.4) is 0 Å². The van der Waals surface area contributed by atoms with Gasteiger partial charge in [-0.3, -0.25) is 19.3 Å². The topological polar surface area (TPSA) is 115 Å². The first-order valence-electron chi connectivity index (χ1n) is 10.9. The standard InChI is InChI=1S/C26H21ClN4O4/c1-31-25(33)19-5-4-15(10-20(19)26(31)34)16-8-17-9-18(35-24(17)21(27)11-16)13-30-23(32)7-3-14-2-6-22(28)29-12-14/h2-8,10-12,18H,9,13H2,1H3,(H2,28,29)(H,30,32). The number of nitrogens with zero attached hydrogens (tertiary/aromatic N) is 2. The van der Waals surface area contributed by atoms with Gasteiger partial charge in [-0.2, -0.15) is 0 Å². The minimum atomic E-state index is -0.319. The first-order valence-corrected chi connectivity index (χ1v) is 11.3. The Morgan fingerprint density at radius 2 is 1.97 bits per heavy atom. The number of fused-ring (bicyclic) bond motifs is 2. The number of aromatic nitrogens is 1. The lowest BCUT2D eigenvalue weighted by molar-refractivity contribution is -0.116. The van der Waals surface area contributed by atoms with Crippen LogP contribution in [0.1, 0.15) is 31.8 Å². The summed E-state index contributed by atoms with van der Waals surface area (Å²) in [6, 6.07) is 12.4. The normalized spacial score (nSPS) is 16.4. The highest BCUT2D eigenvalue weighted by atomic mass is 35.5. The van der Waals surface area contributed by atoms with Crippen LogP contribution in [0.5, 0.6) is 5.75 Å². The van der Waals surface area contributed by atoms with E-state index in [1.54, 1.807) is 48.7 Å². The summed E-state index contributed by atoms with van der Waals surface area (Å²) in [5.41, 5.74) is 9.62. The molecule has 9 heteroatoms. The molecule has 0 spiro atoms. The zero-order valence-electron chi connectivity index (χ0n) is 18.7. The molecular weight excluding hydrogens is 468 g/mol. The maximum atomic E-state index is 12.4. The van der Waals surface area contributed by atoms with Crippen molar-refractivity contribution in [1.29, 1.82) is 0 Å². The number of hydrogen-bond donors (Lipinski definition) is 2. The molecule has 5 rings (SSSR count). The largest absolute Gasteiger partial charge is 0.486 e. The summed E-state index contributed by atoms with van der Waals surface area (Å²) in [6.45, 7) is 0.311. The molecule has 0 radical (unpaired) electrons. The molecule has 1 unspecified atom stereocenters. The number of benzene rings is 2. The van der Waals surface area contributed by atoms with Crippen LogP contribution in [0, 0.1) is 0 Å². The molecule has 176 valence electrons. The Labute approximate surface area is 206 Å². The van der Waals surface area contributed by atoms with Gasteiger partial charge in [0.2, 0.25) is 5.91 Å². The van der Waals surface area contributed by atoms with Crippen LogP contribution in [-0.2, 0) is 11.2 Å². The second kappa shape index (κ2) is 8.88. The Balaban J connectivity index is 1.26. The highest BCUT2D eigenvalue weighted by Crippen LogP contribution is 2.40. The van der Waals surface area contributed by atoms with Crippen molar-refractivity contribution in [2.75, 3.05) is 19.3 Å². The second-order valence-electron chi connectivity index (χ2n) is 8.41. The van der Waals surface area contributed by atoms with E-state index in [2.05, 4.69) is 10.3 Å². The second-order valence-corrected chi connectivity index (χ2v) is 8.82. The van der Waals surface area contributed by atoms with E-state index in [-0.39, 0.29) is 23.8 Å². The van der Waals surface area contributed by atoms with Gasteiger partial charge in [0.25, 0.3) is 11.8 Å². The van der Waals surface area contributed by atoms with Gasteiger partial charge < -0.3 is 15.8 Å². The number of anilines is 1. The number of nitrogens with one attached hydrogen (secondary N) is 1. The summed E-state index contributed by atoms with van der Waals surface area (Å²) < 4.78 is 5.97. The molecule has 3 N–H and O–H groups in total. The monoisotopic (exact) mass is 488 g/mol. The zero-order chi connectivity index (χ0) is 24.7. The van der Waals surface area contributed by atoms with Gasteiger partial charge in [-0.25, -0.2) is 4.98 Å². The minimum Gasteiger partial charge on any atom is -0.486 e. The molecule has 8 nitrogen and oxygen atoms in total. The van der Waals surface area contributed by atoms with Crippen LogP contribution in [0.25, 0.3) is 17.2 Å². The number of carbonyl (C=O) groups excluding carboxylic acids is 3. The Morgan fingerprint density at radius 1 is 1.17 bits per heavy atom. The lowest BCUT2D eigenvalue weighted by Gasteiger charge is -2.11. The predicted molar refractivity (Wildman–Crippen MR) is 132 cm³/mol. The number of imide groups is 1. The van der Waals surface area contributed by atoms with Crippen LogP contribution < -0.4 is 15.8 Å². The van der Waals surface area contributed by atoms with E-state index >= 15 is 0 Å². The van der Waals surface area contributed by atoms with Crippen molar-refractivity contribution in [3.05, 3.63) is 82.0 Å². The van der Waals surface area contributed by atoms with Gasteiger partial charge in [-0.1, -0.05) is 17.7 Å². The first-order chi connectivity index (χ1) is 16.8. The van der Waals surface area contributed by atoms with E-state index in [4.69, 9.17) is 22.1 Å². The molecule has 3 amide bonds. The van der Waals surface area contributed by atoms with Gasteiger partial charge >= 0.3 is 0 Å². The quantitative estimate of drug-likeness (QED) is 0.420. The van der Waals surface area contributed by atoms with Crippen molar-refractivity contribution < 1.29 is 19.1 Å². The van der Waals surface area contributed by atoms with Crippen LogP contribution in [0.2, 0.25) is 5.02 Å².